The Bertz CT molecular complexity index is 708. The van der Waals surface area contributed by atoms with E-state index < -0.39 is 0 Å². The third-order valence-corrected chi connectivity index (χ3v) is 5.55. The maximum absolute atomic E-state index is 5.36. The van der Waals surface area contributed by atoms with Gasteiger partial charge in [-0.3, -0.25) is 4.90 Å². The summed E-state index contributed by atoms with van der Waals surface area (Å²) >= 11 is 0. The van der Waals surface area contributed by atoms with Crippen molar-refractivity contribution in [3.05, 3.63) is 48.3 Å². The van der Waals surface area contributed by atoms with Gasteiger partial charge in [0.25, 0.3) is 0 Å². The van der Waals surface area contributed by atoms with Crippen molar-refractivity contribution in [2.24, 2.45) is 5.41 Å². The van der Waals surface area contributed by atoms with E-state index in [1.54, 1.807) is 7.11 Å². The van der Waals surface area contributed by atoms with Crippen molar-refractivity contribution in [1.29, 1.82) is 0 Å². The van der Waals surface area contributed by atoms with E-state index in [4.69, 9.17) is 4.74 Å². The molecule has 0 radical (unpaired) electrons. The number of piperidine rings is 1. The first-order valence-corrected chi connectivity index (χ1v) is 9.14. The molecule has 2 saturated heterocycles. The van der Waals surface area contributed by atoms with Crippen molar-refractivity contribution >= 4 is 5.95 Å². The summed E-state index contributed by atoms with van der Waals surface area (Å²) in [6.45, 7) is 5.48. The van der Waals surface area contributed by atoms with E-state index in [0.29, 0.717) is 5.41 Å². The molecule has 1 spiro atoms. The highest BCUT2D eigenvalue weighted by Crippen LogP contribution is 2.40. The molecule has 1 aromatic carbocycles. The summed E-state index contributed by atoms with van der Waals surface area (Å²) in [6, 6.07) is 10.3. The molecule has 4 rings (SSSR count). The van der Waals surface area contributed by atoms with Crippen LogP contribution in [0.2, 0.25) is 0 Å². The molecule has 0 aliphatic carbocycles. The maximum atomic E-state index is 5.36. The molecule has 25 heavy (non-hydrogen) atoms. The van der Waals surface area contributed by atoms with Crippen molar-refractivity contribution in [2.45, 2.75) is 25.8 Å². The molecule has 132 valence electrons. The van der Waals surface area contributed by atoms with Crippen LogP contribution in [0.5, 0.6) is 5.75 Å². The van der Waals surface area contributed by atoms with E-state index in [0.717, 1.165) is 37.9 Å². The van der Waals surface area contributed by atoms with Crippen LogP contribution in [0.3, 0.4) is 0 Å². The molecule has 0 N–H and O–H groups in total. The standard InChI is InChI=1S/C20H26N4O/c1-25-18-6-2-5-17(13-18)14-23-11-3-7-20(15-23)8-12-24(16-20)19-21-9-4-10-22-19/h2,4-6,9-10,13H,3,7-8,11-12,14-16H2,1H3/t20-/m0/s1. The number of nitrogens with zero attached hydrogens (tertiary/aromatic N) is 4. The molecule has 2 aliphatic heterocycles. The second-order valence-electron chi connectivity index (χ2n) is 7.39. The Morgan fingerprint density at radius 2 is 1.96 bits per heavy atom. The van der Waals surface area contributed by atoms with Gasteiger partial charge in [0.2, 0.25) is 5.95 Å². The lowest BCUT2D eigenvalue weighted by molar-refractivity contribution is 0.0990. The number of anilines is 1. The average molecular weight is 338 g/mol. The van der Waals surface area contributed by atoms with Gasteiger partial charge < -0.3 is 9.64 Å². The lowest BCUT2D eigenvalue weighted by atomic mass is 9.79. The van der Waals surface area contributed by atoms with Gasteiger partial charge in [0, 0.05) is 44.0 Å². The third-order valence-electron chi connectivity index (χ3n) is 5.55. The Morgan fingerprint density at radius 3 is 2.80 bits per heavy atom. The molecule has 2 fully saturated rings. The number of aromatic nitrogens is 2. The molecular weight excluding hydrogens is 312 g/mol. The fourth-order valence-electron chi connectivity index (χ4n) is 4.37. The quantitative estimate of drug-likeness (QED) is 0.857. The molecule has 0 unspecified atom stereocenters. The van der Waals surface area contributed by atoms with E-state index in [1.165, 1.54) is 31.4 Å². The normalized spacial score (nSPS) is 24.0. The van der Waals surface area contributed by atoms with Crippen LogP contribution < -0.4 is 9.64 Å². The Labute approximate surface area is 149 Å². The minimum atomic E-state index is 0.385. The van der Waals surface area contributed by atoms with Gasteiger partial charge in [-0.2, -0.15) is 0 Å². The van der Waals surface area contributed by atoms with Crippen molar-refractivity contribution in [3.63, 3.8) is 0 Å². The van der Waals surface area contributed by atoms with E-state index in [1.807, 2.05) is 24.5 Å². The first-order chi connectivity index (χ1) is 12.3. The molecule has 2 aromatic rings. The molecule has 3 heterocycles. The topological polar surface area (TPSA) is 41.5 Å². The summed E-state index contributed by atoms with van der Waals surface area (Å²) in [5, 5.41) is 0. The lowest BCUT2D eigenvalue weighted by Gasteiger charge is -2.40. The molecule has 1 atom stereocenters. The van der Waals surface area contributed by atoms with Gasteiger partial charge in [-0.1, -0.05) is 12.1 Å². The summed E-state index contributed by atoms with van der Waals surface area (Å²) in [6.07, 6.45) is 7.49. The van der Waals surface area contributed by atoms with Gasteiger partial charge in [0.1, 0.15) is 5.75 Å². The monoisotopic (exact) mass is 338 g/mol. The van der Waals surface area contributed by atoms with Crippen LogP contribution in [0.4, 0.5) is 5.95 Å². The Morgan fingerprint density at radius 1 is 1.08 bits per heavy atom. The van der Waals surface area contributed by atoms with E-state index in [9.17, 15) is 0 Å². The van der Waals surface area contributed by atoms with Gasteiger partial charge in [-0.25, -0.2) is 9.97 Å². The van der Waals surface area contributed by atoms with Crippen molar-refractivity contribution < 1.29 is 4.74 Å². The second kappa shape index (κ2) is 7.00. The zero-order chi connectivity index (χ0) is 17.1. The predicted octanol–water partition coefficient (Wildman–Crippen LogP) is 2.98. The fourth-order valence-corrected chi connectivity index (χ4v) is 4.37. The smallest absolute Gasteiger partial charge is 0.225 e. The van der Waals surface area contributed by atoms with Crippen LogP contribution in [0.25, 0.3) is 0 Å². The first kappa shape index (κ1) is 16.3. The van der Waals surface area contributed by atoms with Crippen LogP contribution in [-0.2, 0) is 6.54 Å². The number of hydrogen-bond donors (Lipinski definition) is 0. The average Bonchev–Trinajstić information content (AvgIpc) is 3.06. The van der Waals surface area contributed by atoms with E-state index >= 15 is 0 Å². The summed E-state index contributed by atoms with van der Waals surface area (Å²) in [5.41, 5.74) is 1.72. The number of ether oxygens (including phenoxy) is 1. The van der Waals surface area contributed by atoms with Gasteiger partial charge in [-0.05, 0) is 49.6 Å². The predicted molar refractivity (Wildman–Crippen MR) is 98.8 cm³/mol. The number of methoxy groups -OCH3 is 1. The number of hydrogen-bond acceptors (Lipinski definition) is 5. The molecule has 1 aromatic heterocycles. The molecular formula is C20H26N4O. The van der Waals surface area contributed by atoms with Gasteiger partial charge in [0.15, 0.2) is 0 Å². The third kappa shape index (κ3) is 3.61. The summed E-state index contributed by atoms with van der Waals surface area (Å²) in [7, 11) is 1.73. The Balaban J connectivity index is 1.42. The van der Waals surface area contributed by atoms with Gasteiger partial charge in [0.05, 0.1) is 7.11 Å². The van der Waals surface area contributed by atoms with E-state index in [2.05, 4.69) is 38.0 Å². The maximum Gasteiger partial charge on any atom is 0.225 e. The lowest BCUT2D eigenvalue weighted by Crippen LogP contribution is -2.44. The molecule has 0 saturated carbocycles. The summed E-state index contributed by atoms with van der Waals surface area (Å²) in [4.78, 5) is 13.8. The summed E-state index contributed by atoms with van der Waals surface area (Å²) < 4.78 is 5.36. The van der Waals surface area contributed by atoms with Crippen LogP contribution in [0.15, 0.2) is 42.7 Å². The number of benzene rings is 1. The highest BCUT2D eigenvalue weighted by atomic mass is 16.5. The molecule has 0 bridgehead atoms. The zero-order valence-electron chi connectivity index (χ0n) is 14.9. The van der Waals surface area contributed by atoms with Gasteiger partial charge >= 0.3 is 0 Å². The second-order valence-corrected chi connectivity index (χ2v) is 7.39. The largest absolute Gasteiger partial charge is 0.497 e. The Hall–Kier alpha value is -2.14. The number of rotatable bonds is 4. The Kier molecular flexibility index (Phi) is 4.57. The van der Waals surface area contributed by atoms with Crippen LogP contribution in [0, 0.1) is 5.41 Å². The highest BCUT2D eigenvalue weighted by Gasteiger charge is 2.41. The molecule has 5 heteroatoms. The van der Waals surface area contributed by atoms with Crippen LogP contribution >= 0.6 is 0 Å². The minimum Gasteiger partial charge on any atom is -0.497 e. The summed E-state index contributed by atoms with van der Waals surface area (Å²) in [5.74, 6) is 1.82. The van der Waals surface area contributed by atoms with Crippen LogP contribution in [0.1, 0.15) is 24.8 Å². The molecule has 0 amide bonds. The van der Waals surface area contributed by atoms with E-state index in [-0.39, 0.29) is 0 Å². The molecule has 2 aliphatic rings. The van der Waals surface area contributed by atoms with Crippen molar-refractivity contribution in [1.82, 2.24) is 14.9 Å². The van der Waals surface area contributed by atoms with Crippen LogP contribution in [-0.4, -0.2) is 48.2 Å². The SMILES string of the molecule is COc1cccc(CN2CCC[C@]3(CCN(c4ncccn4)C3)C2)c1. The first-order valence-electron chi connectivity index (χ1n) is 9.14. The van der Waals surface area contributed by atoms with Gasteiger partial charge in [-0.15, -0.1) is 0 Å². The fraction of sp³-hybridized carbons (Fsp3) is 0.500. The molecule has 5 nitrogen and oxygen atoms in total. The number of likely N-dealkylation sites (tertiary alicyclic amines) is 1. The van der Waals surface area contributed by atoms with Crippen molar-refractivity contribution in [2.75, 3.05) is 38.2 Å². The highest BCUT2D eigenvalue weighted by molar-refractivity contribution is 5.32. The zero-order valence-corrected chi connectivity index (χ0v) is 14.9. The van der Waals surface area contributed by atoms with Crippen molar-refractivity contribution in [3.8, 4) is 5.75 Å². The minimum absolute atomic E-state index is 0.385.